The van der Waals surface area contributed by atoms with E-state index in [4.69, 9.17) is 0 Å². The van der Waals surface area contributed by atoms with Gasteiger partial charge in [-0.05, 0) is 47.7 Å². The van der Waals surface area contributed by atoms with Crippen LogP contribution in [0.3, 0.4) is 0 Å². The highest BCUT2D eigenvalue weighted by Gasteiger charge is 2.17. The molecule has 1 aromatic heterocycles. The molecule has 0 unspecified atom stereocenters. The number of aromatic nitrogens is 1. The molecule has 1 amide bonds. The van der Waals surface area contributed by atoms with Crippen molar-refractivity contribution >= 4 is 11.6 Å². The van der Waals surface area contributed by atoms with E-state index in [9.17, 15) is 4.79 Å². The molecule has 4 heteroatoms. The van der Waals surface area contributed by atoms with Crippen molar-refractivity contribution in [3.8, 4) is 0 Å². The van der Waals surface area contributed by atoms with Crippen LogP contribution in [0.2, 0.25) is 0 Å². The number of carbonyl (C=O) groups is 1. The second-order valence-corrected chi connectivity index (χ2v) is 6.95. The van der Waals surface area contributed by atoms with E-state index in [0.717, 1.165) is 30.8 Å². The Labute approximate surface area is 159 Å². The molecule has 0 saturated carbocycles. The molecule has 4 nitrogen and oxygen atoms in total. The first kappa shape index (κ1) is 17.3. The molecule has 3 aromatic rings. The number of fused-ring (bicyclic) bond motifs is 1. The highest BCUT2D eigenvalue weighted by molar-refractivity contribution is 5.92. The number of amides is 1. The number of nitrogens with zero attached hydrogens (tertiary/aromatic N) is 2. The molecule has 2 heterocycles. The number of nitrogens with one attached hydrogen (secondary N) is 1. The molecule has 0 saturated heterocycles. The minimum Gasteiger partial charge on any atom is -0.366 e. The van der Waals surface area contributed by atoms with Gasteiger partial charge in [0, 0.05) is 19.6 Å². The maximum Gasteiger partial charge on any atom is 0.270 e. The van der Waals surface area contributed by atoms with E-state index in [-0.39, 0.29) is 5.91 Å². The summed E-state index contributed by atoms with van der Waals surface area (Å²) in [6, 6.07) is 20.4. The Bertz CT molecular complexity index is 950. The SMILES string of the molecule is Cc1ccccc1CNC(=O)c1ccc(N2CCc3ccccc3C2)cn1. The quantitative estimate of drug-likeness (QED) is 0.771. The molecule has 0 aliphatic carbocycles. The number of carbonyl (C=O) groups excluding carboxylic acids is 1. The van der Waals surface area contributed by atoms with E-state index in [1.807, 2.05) is 43.3 Å². The normalized spacial score (nSPS) is 13.1. The summed E-state index contributed by atoms with van der Waals surface area (Å²) in [6.45, 7) is 4.41. The second kappa shape index (κ2) is 7.62. The molecule has 2 aromatic carbocycles. The van der Waals surface area contributed by atoms with E-state index in [1.54, 1.807) is 6.20 Å². The van der Waals surface area contributed by atoms with Crippen LogP contribution in [0, 0.1) is 6.92 Å². The third kappa shape index (κ3) is 3.85. The van der Waals surface area contributed by atoms with Crippen LogP contribution in [-0.2, 0) is 19.5 Å². The topological polar surface area (TPSA) is 45.2 Å². The molecule has 1 aliphatic heterocycles. The molecule has 0 fully saturated rings. The Morgan fingerprint density at radius 1 is 1.04 bits per heavy atom. The van der Waals surface area contributed by atoms with Gasteiger partial charge in [0.15, 0.2) is 0 Å². The zero-order chi connectivity index (χ0) is 18.6. The smallest absolute Gasteiger partial charge is 0.270 e. The monoisotopic (exact) mass is 357 g/mol. The Morgan fingerprint density at radius 3 is 2.59 bits per heavy atom. The number of aryl methyl sites for hydroxylation is 1. The van der Waals surface area contributed by atoms with Crippen molar-refractivity contribution in [2.75, 3.05) is 11.4 Å². The predicted molar refractivity (Wildman–Crippen MR) is 108 cm³/mol. The first-order valence-electron chi connectivity index (χ1n) is 9.31. The van der Waals surface area contributed by atoms with Gasteiger partial charge in [-0.3, -0.25) is 4.79 Å². The van der Waals surface area contributed by atoms with Crippen LogP contribution in [0.15, 0.2) is 66.9 Å². The maximum atomic E-state index is 12.4. The fourth-order valence-electron chi connectivity index (χ4n) is 3.50. The first-order chi connectivity index (χ1) is 13.2. The molecule has 136 valence electrons. The van der Waals surface area contributed by atoms with Gasteiger partial charge in [-0.25, -0.2) is 4.98 Å². The van der Waals surface area contributed by atoms with Crippen LogP contribution in [0.4, 0.5) is 5.69 Å². The average molecular weight is 357 g/mol. The summed E-state index contributed by atoms with van der Waals surface area (Å²) in [5.41, 5.74) is 6.59. The van der Waals surface area contributed by atoms with Gasteiger partial charge < -0.3 is 10.2 Å². The van der Waals surface area contributed by atoms with E-state index in [2.05, 4.69) is 39.5 Å². The summed E-state index contributed by atoms with van der Waals surface area (Å²) in [5.74, 6) is -0.145. The van der Waals surface area contributed by atoms with Gasteiger partial charge in [0.05, 0.1) is 11.9 Å². The summed E-state index contributed by atoms with van der Waals surface area (Å²) in [6.07, 6.45) is 2.84. The molecular formula is C23H23N3O. The summed E-state index contributed by atoms with van der Waals surface area (Å²) < 4.78 is 0. The van der Waals surface area contributed by atoms with Gasteiger partial charge >= 0.3 is 0 Å². The Hall–Kier alpha value is -3.14. The summed E-state index contributed by atoms with van der Waals surface area (Å²) >= 11 is 0. The molecule has 0 atom stereocenters. The lowest BCUT2D eigenvalue weighted by molar-refractivity contribution is 0.0946. The maximum absolute atomic E-state index is 12.4. The molecule has 1 N–H and O–H groups in total. The fraction of sp³-hybridized carbons (Fsp3) is 0.217. The summed E-state index contributed by atoms with van der Waals surface area (Å²) in [4.78, 5) is 19.1. The van der Waals surface area contributed by atoms with E-state index in [1.165, 1.54) is 16.7 Å². The number of rotatable bonds is 4. The summed E-state index contributed by atoms with van der Waals surface area (Å²) in [5, 5.41) is 2.95. The van der Waals surface area contributed by atoms with Crippen LogP contribution in [0.25, 0.3) is 0 Å². The van der Waals surface area contributed by atoms with Gasteiger partial charge in [-0.2, -0.15) is 0 Å². The molecule has 4 rings (SSSR count). The molecule has 0 bridgehead atoms. The highest BCUT2D eigenvalue weighted by atomic mass is 16.1. The number of hydrogen-bond donors (Lipinski definition) is 1. The van der Waals surface area contributed by atoms with Crippen LogP contribution in [0.5, 0.6) is 0 Å². The van der Waals surface area contributed by atoms with Crippen molar-refractivity contribution in [1.82, 2.24) is 10.3 Å². The van der Waals surface area contributed by atoms with Gasteiger partial charge in [-0.15, -0.1) is 0 Å². The third-order valence-electron chi connectivity index (χ3n) is 5.18. The standard InChI is InChI=1S/C23H23N3O/c1-17-6-2-3-8-19(17)14-25-23(27)22-11-10-21(15-24-22)26-13-12-18-7-4-5-9-20(18)16-26/h2-11,15H,12-14,16H2,1H3,(H,25,27). The Balaban J connectivity index is 1.40. The Morgan fingerprint density at radius 2 is 1.81 bits per heavy atom. The van der Waals surface area contributed by atoms with Gasteiger partial charge in [0.1, 0.15) is 5.69 Å². The van der Waals surface area contributed by atoms with Gasteiger partial charge in [0.25, 0.3) is 5.91 Å². The molecule has 0 spiro atoms. The predicted octanol–water partition coefficient (Wildman–Crippen LogP) is 3.88. The van der Waals surface area contributed by atoms with Crippen LogP contribution < -0.4 is 10.2 Å². The van der Waals surface area contributed by atoms with Gasteiger partial charge in [0.2, 0.25) is 0 Å². The van der Waals surface area contributed by atoms with Crippen LogP contribution in [0.1, 0.15) is 32.7 Å². The van der Waals surface area contributed by atoms with Crippen molar-refractivity contribution in [2.24, 2.45) is 0 Å². The molecule has 0 radical (unpaired) electrons. The van der Waals surface area contributed by atoms with E-state index >= 15 is 0 Å². The van der Waals surface area contributed by atoms with Crippen molar-refractivity contribution < 1.29 is 4.79 Å². The van der Waals surface area contributed by atoms with E-state index < -0.39 is 0 Å². The van der Waals surface area contributed by atoms with Crippen molar-refractivity contribution in [2.45, 2.75) is 26.4 Å². The Kier molecular flexibility index (Phi) is 4.88. The molecule has 27 heavy (non-hydrogen) atoms. The van der Waals surface area contributed by atoms with Crippen LogP contribution in [-0.4, -0.2) is 17.4 Å². The molecule has 1 aliphatic rings. The number of pyridine rings is 1. The minimum absolute atomic E-state index is 0.145. The van der Waals surface area contributed by atoms with Gasteiger partial charge in [-0.1, -0.05) is 48.5 Å². The average Bonchev–Trinajstić information content (AvgIpc) is 2.73. The summed E-state index contributed by atoms with van der Waals surface area (Å²) in [7, 11) is 0. The largest absolute Gasteiger partial charge is 0.366 e. The van der Waals surface area contributed by atoms with Crippen LogP contribution >= 0.6 is 0 Å². The lowest BCUT2D eigenvalue weighted by atomic mass is 10.00. The number of anilines is 1. The van der Waals surface area contributed by atoms with E-state index in [0.29, 0.717) is 12.2 Å². The van der Waals surface area contributed by atoms with Crippen molar-refractivity contribution in [3.63, 3.8) is 0 Å². The fourth-order valence-corrected chi connectivity index (χ4v) is 3.50. The third-order valence-corrected chi connectivity index (χ3v) is 5.18. The zero-order valence-corrected chi connectivity index (χ0v) is 15.5. The van der Waals surface area contributed by atoms with Crippen molar-refractivity contribution in [1.29, 1.82) is 0 Å². The second-order valence-electron chi connectivity index (χ2n) is 6.95. The molecular weight excluding hydrogens is 334 g/mol. The van der Waals surface area contributed by atoms with Crippen molar-refractivity contribution in [3.05, 3.63) is 94.8 Å². The first-order valence-corrected chi connectivity index (χ1v) is 9.31. The number of hydrogen-bond acceptors (Lipinski definition) is 3. The lowest BCUT2D eigenvalue weighted by Crippen LogP contribution is -2.30. The lowest BCUT2D eigenvalue weighted by Gasteiger charge is -2.30. The highest BCUT2D eigenvalue weighted by Crippen LogP contribution is 2.23. The minimum atomic E-state index is -0.145. The zero-order valence-electron chi connectivity index (χ0n) is 15.5. The number of benzene rings is 2.